The lowest BCUT2D eigenvalue weighted by Crippen LogP contribution is -2.24. The third-order valence-corrected chi connectivity index (χ3v) is 4.34. The van der Waals surface area contributed by atoms with E-state index in [0.29, 0.717) is 15.7 Å². The van der Waals surface area contributed by atoms with Crippen LogP contribution in [0.4, 0.5) is 5.69 Å². The zero-order valence-electron chi connectivity index (χ0n) is 9.54. The fourth-order valence-electron chi connectivity index (χ4n) is 1.26. The van der Waals surface area contributed by atoms with E-state index < -0.39 is 10.0 Å². The van der Waals surface area contributed by atoms with Crippen molar-refractivity contribution in [3.8, 4) is 11.8 Å². The first-order valence-corrected chi connectivity index (χ1v) is 7.11. The monoisotopic (exact) mass is 316 g/mol. The lowest BCUT2D eigenvalue weighted by atomic mass is 10.2. The molecule has 1 aromatic carbocycles. The summed E-state index contributed by atoms with van der Waals surface area (Å²) < 4.78 is 27.0. The Bertz CT molecular complexity index is 585. The van der Waals surface area contributed by atoms with Crippen LogP contribution in [0.3, 0.4) is 0 Å². The lowest BCUT2D eigenvalue weighted by molar-refractivity contribution is 0.585. The Kier molecular flexibility index (Phi) is 4.57. The fourth-order valence-corrected chi connectivity index (χ4v) is 2.90. The van der Waals surface area contributed by atoms with Crippen molar-refractivity contribution in [1.82, 2.24) is 4.72 Å². The van der Waals surface area contributed by atoms with Crippen molar-refractivity contribution < 1.29 is 8.42 Å². The molecular weight excluding hydrogens is 304 g/mol. The van der Waals surface area contributed by atoms with Crippen LogP contribution in [-0.4, -0.2) is 15.0 Å². The van der Waals surface area contributed by atoms with E-state index in [-0.39, 0.29) is 11.4 Å². The molecule has 0 unspecified atom stereocenters. The van der Waals surface area contributed by atoms with Crippen LogP contribution in [0.15, 0.2) is 21.5 Å². The van der Waals surface area contributed by atoms with Gasteiger partial charge >= 0.3 is 0 Å². The molecule has 0 fully saturated rings. The molecule has 1 rings (SSSR count). The van der Waals surface area contributed by atoms with Crippen LogP contribution in [-0.2, 0) is 10.0 Å². The highest BCUT2D eigenvalue weighted by Crippen LogP contribution is 2.26. The second-order valence-corrected chi connectivity index (χ2v) is 5.98. The topological polar surface area (TPSA) is 72.2 Å². The van der Waals surface area contributed by atoms with E-state index in [1.165, 1.54) is 6.07 Å². The van der Waals surface area contributed by atoms with Crippen LogP contribution < -0.4 is 10.5 Å². The molecule has 0 saturated heterocycles. The molecule has 0 aliphatic carbocycles. The number of halogens is 1. The number of hydrogen-bond acceptors (Lipinski definition) is 3. The largest absolute Gasteiger partial charge is 0.398 e. The van der Waals surface area contributed by atoms with Gasteiger partial charge < -0.3 is 5.73 Å². The highest BCUT2D eigenvalue weighted by Gasteiger charge is 2.17. The van der Waals surface area contributed by atoms with Gasteiger partial charge in [0.2, 0.25) is 10.0 Å². The Morgan fingerprint density at radius 1 is 1.47 bits per heavy atom. The molecule has 92 valence electrons. The van der Waals surface area contributed by atoms with Crippen molar-refractivity contribution in [3.05, 3.63) is 22.2 Å². The van der Waals surface area contributed by atoms with Gasteiger partial charge in [0, 0.05) is 10.2 Å². The van der Waals surface area contributed by atoms with Gasteiger partial charge in [-0.25, -0.2) is 8.42 Å². The molecule has 0 aliphatic heterocycles. The third kappa shape index (κ3) is 3.46. The van der Waals surface area contributed by atoms with E-state index in [1.54, 1.807) is 19.9 Å². The van der Waals surface area contributed by atoms with Gasteiger partial charge in [-0.3, -0.25) is 0 Å². The lowest BCUT2D eigenvalue weighted by Gasteiger charge is -2.09. The molecule has 4 nitrogen and oxygen atoms in total. The Balaban J connectivity index is 3.14. The number of nitrogens with one attached hydrogen (secondary N) is 1. The highest BCUT2D eigenvalue weighted by atomic mass is 79.9. The molecule has 6 heteroatoms. The molecule has 0 radical (unpaired) electrons. The number of hydrogen-bond donors (Lipinski definition) is 2. The van der Waals surface area contributed by atoms with Crippen LogP contribution in [0.2, 0.25) is 0 Å². The maximum absolute atomic E-state index is 11.9. The first kappa shape index (κ1) is 14.0. The number of aryl methyl sites for hydroxylation is 1. The maximum atomic E-state index is 11.9. The van der Waals surface area contributed by atoms with Crippen molar-refractivity contribution in [2.45, 2.75) is 18.7 Å². The van der Waals surface area contributed by atoms with Crippen LogP contribution in [0.5, 0.6) is 0 Å². The summed E-state index contributed by atoms with van der Waals surface area (Å²) in [4.78, 5) is 0.177. The van der Waals surface area contributed by atoms with Crippen LogP contribution >= 0.6 is 15.9 Å². The Hall–Kier alpha value is -1.03. The first-order valence-electron chi connectivity index (χ1n) is 4.83. The highest BCUT2D eigenvalue weighted by molar-refractivity contribution is 9.10. The van der Waals surface area contributed by atoms with Crippen LogP contribution in [0, 0.1) is 18.8 Å². The molecule has 0 aromatic heterocycles. The van der Waals surface area contributed by atoms with Crippen molar-refractivity contribution in [2.24, 2.45) is 0 Å². The van der Waals surface area contributed by atoms with Gasteiger partial charge in [-0.1, -0.05) is 5.92 Å². The molecular formula is C11H13BrN2O2S. The minimum absolute atomic E-state index is 0.0915. The second-order valence-electron chi connectivity index (χ2n) is 3.39. The average Bonchev–Trinajstić information content (AvgIpc) is 2.23. The summed E-state index contributed by atoms with van der Waals surface area (Å²) in [5.41, 5.74) is 6.69. The van der Waals surface area contributed by atoms with Crippen molar-refractivity contribution in [1.29, 1.82) is 0 Å². The van der Waals surface area contributed by atoms with Crippen molar-refractivity contribution in [2.75, 3.05) is 12.3 Å². The predicted molar refractivity (Wildman–Crippen MR) is 71.9 cm³/mol. The molecule has 0 amide bonds. The summed E-state index contributed by atoms with van der Waals surface area (Å²) in [6.07, 6.45) is 0. The average molecular weight is 317 g/mol. The molecule has 0 atom stereocenters. The molecule has 0 heterocycles. The summed E-state index contributed by atoms with van der Waals surface area (Å²) in [7, 11) is -3.56. The quantitative estimate of drug-likeness (QED) is 0.657. The van der Waals surface area contributed by atoms with E-state index in [1.807, 2.05) is 0 Å². The fraction of sp³-hybridized carbons (Fsp3) is 0.273. The summed E-state index contributed by atoms with van der Waals surface area (Å²) in [5.74, 6) is 5.26. The molecule has 17 heavy (non-hydrogen) atoms. The van der Waals surface area contributed by atoms with Gasteiger partial charge in [-0.2, -0.15) is 4.72 Å². The normalized spacial score (nSPS) is 10.8. The summed E-state index contributed by atoms with van der Waals surface area (Å²) >= 11 is 3.25. The number of rotatable bonds is 3. The number of anilines is 1. The predicted octanol–water partition coefficient (Wildman–Crippen LogP) is 1.64. The summed E-state index contributed by atoms with van der Waals surface area (Å²) in [5, 5.41) is 0. The SMILES string of the molecule is CC#CCNS(=O)(=O)c1cc(N)c(Br)cc1C. The standard InChI is InChI=1S/C11H13BrN2O2S/c1-3-4-5-14-17(15,16)11-7-10(13)9(12)6-8(11)2/h6-7,14H,5,13H2,1-2H3. The third-order valence-electron chi connectivity index (χ3n) is 2.11. The van der Waals surface area contributed by atoms with E-state index >= 15 is 0 Å². The summed E-state index contributed by atoms with van der Waals surface area (Å²) in [6.45, 7) is 3.45. The van der Waals surface area contributed by atoms with Gasteiger partial charge in [0.05, 0.1) is 11.4 Å². The molecule has 3 N–H and O–H groups in total. The van der Waals surface area contributed by atoms with Crippen molar-refractivity contribution in [3.63, 3.8) is 0 Å². The first-order chi connectivity index (χ1) is 7.88. The maximum Gasteiger partial charge on any atom is 0.241 e. The molecule has 0 saturated carbocycles. The smallest absolute Gasteiger partial charge is 0.241 e. The van der Waals surface area contributed by atoms with Gasteiger partial charge in [0.1, 0.15) is 0 Å². The molecule has 1 aromatic rings. The minimum atomic E-state index is -3.56. The van der Waals surface area contributed by atoms with E-state index in [2.05, 4.69) is 32.5 Å². The van der Waals surface area contributed by atoms with E-state index in [4.69, 9.17) is 5.73 Å². The van der Waals surface area contributed by atoms with E-state index in [0.717, 1.165) is 0 Å². The van der Waals surface area contributed by atoms with Gasteiger partial charge in [-0.15, -0.1) is 5.92 Å². The summed E-state index contributed by atoms with van der Waals surface area (Å²) in [6, 6.07) is 3.11. The molecule has 0 aliphatic rings. The number of sulfonamides is 1. The van der Waals surface area contributed by atoms with Gasteiger partial charge in [0.25, 0.3) is 0 Å². The number of benzene rings is 1. The second kappa shape index (κ2) is 5.54. The number of nitrogens with two attached hydrogens (primary N) is 1. The van der Waals surface area contributed by atoms with Gasteiger partial charge in [0.15, 0.2) is 0 Å². The molecule has 0 bridgehead atoms. The van der Waals surface area contributed by atoms with Crippen LogP contribution in [0.25, 0.3) is 0 Å². The zero-order chi connectivity index (χ0) is 13.1. The van der Waals surface area contributed by atoms with Crippen LogP contribution in [0.1, 0.15) is 12.5 Å². The Morgan fingerprint density at radius 3 is 2.71 bits per heavy atom. The van der Waals surface area contributed by atoms with Crippen molar-refractivity contribution >= 4 is 31.6 Å². The zero-order valence-corrected chi connectivity index (χ0v) is 11.9. The number of nitrogen functional groups attached to an aromatic ring is 1. The molecule has 0 spiro atoms. The van der Waals surface area contributed by atoms with E-state index in [9.17, 15) is 8.42 Å². The Labute approximate surface area is 110 Å². The minimum Gasteiger partial charge on any atom is -0.398 e. The Morgan fingerprint density at radius 2 is 2.12 bits per heavy atom. The van der Waals surface area contributed by atoms with Gasteiger partial charge in [-0.05, 0) is 47.5 Å².